The second-order valence-corrected chi connectivity index (χ2v) is 9.44. The first-order valence-electron chi connectivity index (χ1n) is 12.8. The second kappa shape index (κ2) is 10.3. The molecule has 1 aliphatic rings. The fraction of sp³-hybridized carbons (Fsp3) is 0.207. The van der Waals surface area contributed by atoms with Crippen molar-refractivity contribution in [3.63, 3.8) is 0 Å². The number of aromatic nitrogens is 4. The van der Waals surface area contributed by atoms with E-state index in [1.807, 2.05) is 55.5 Å². The Morgan fingerprint density at radius 1 is 1.05 bits per heavy atom. The normalized spacial score (nSPS) is 16.4. The van der Waals surface area contributed by atoms with E-state index in [9.17, 15) is 14.4 Å². The topological polar surface area (TPSA) is 148 Å². The van der Waals surface area contributed by atoms with E-state index in [0.717, 1.165) is 22.3 Å². The van der Waals surface area contributed by atoms with E-state index in [2.05, 4.69) is 19.6 Å². The lowest BCUT2D eigenvalue weighted by atomic mass is 9.98. The van der Waals surface area contributed by atoms with E-state index in [4.69, 9.17) is 18.9 Å². The number of cyclic esters (lactones) is 2. The number of imidazole rings is 1. The number of nitrogens with one attached hydrogen (secondary N) is 1. The first kappa shape index (κ1) is 25.9. The van der Waals surface area contributed by atoms with Crippen molar-refractivity contribution in [3.8, 4) is 28.5 Å². The van der Waals surface area contributed by atoms with Crippen LogP contribution in [0.3, 0.4) is 0 Å². The summed E-state index contributed by atoms with van der Waals surface area (Å²) in [6.45, 7) is 3.80. The van der Waals surface area contributed by atoms with E-state index in [1.54, 1.807) is 22.8 Å². The Labute approximate surface area is 232 Å². The predicted molar refractivity (Wildman–Crippen MR) is 144 cm³/mol. The van der Waals surface area contributed by atoms with Gasteiger partial charge in [-0.25, -0.2) is 14.4 Å². The lowest BCUT2D eigenvalue weighted by Gasteiger charge is -2.20. The zero-order chi connectivity index (χ0) is 28.6. The van der Waals surface area contributed by atoms with Crippen LogP contribution in [0.25, 0.3) is 33.5 Å². The molecule has 3 heterocycles. The highest BCUT2D eigenvalue weighted by molar-refractivity contribution is 6.02. The molecule has 1 fully saturated rings. The maximum atomic E-state index is 13.3. The molecule has 1 aliphatic heterocycles. The van der Waals surface area contributed by atoms with Crippen molar-refractivity contribution in [2.75, 3.05) is 13.2 Å². The molecule has 12 heteroatoms. The van der Waals surface area contributed by atoms with Gasteiger partial charge in [-0.15, -0.1) is 0 Å². The first-order chi connectivity index (χ1) is 19.8. The van der Waals surface area contributed by atoms with Gasteiger partial charge >= 0.3 is 17.9 Å². The molecule has 1 atom stereocenters. The molecule has 3 aromatic carbocycles. The third kappa shape index (κ3) is 5.02. The van der Waals surface area contributed by atoms with Crippen LogP contribution in [0.5, 0.6) is 6.01 Å². The molecule has 1 saturated heterocycles. The number of ether oxygens (including phenoxy) is 4. The van der Waals surface area contributed by atoms with E-state index < -0.39 is 23.7 Å². The lowest BCUT2D eigenvalue weighted by Crippen LogP contribution is -2.34. The number of carbonyl (C=O) groups is 2. The van der Waals surface area contributed by atoms with E-state index in [-0.39, 0.29) is 12.2 Å². The number of aromatic amines is 1. The summed E-state index contributed by atoms with van der Waals surface area (Å²) in [5.74, 6) is -2.51. The molecule has 0 saturated carbocycles. The van der Waals surface area contributed by atoms with Crippen LogP contribution in [0, 0.1) is 0 Å². The summed E-state index contributed by atoms with van der Waals surface area (Å²) >= 11 is 0. The zero-order valence-electron chi connectivity index (χ0n) is 22.1. The largest absolute Gasteiger partial charge is 0.511 e. The van der Waals surface area contributed by atoms with Gasteiger partial charge in [0.05, 0.1) is 29.7 Å². The van der Waals surface area contributed by atoms with Gasteiger partial charge < -0.3 is 18.9 Å². The summed E-state index contributed by atoms with van der Waals surface area (Å²) in [6.07, 6.45) is -0.900. The average Bonchev–Trinajstić information content (AvgIpc) is 3.65. The van der Waals surface area contributed by atoms with Crippen LogP contribution in [-0.2, 0) is 20.8 Å². The summed E-state index contributed by atoms with van der Waals surface area (Å²) in [5.41, 5.74) is 4.69. The molecule has 0 aliphatic carbocycles. The average molecular weight is 557 g/mol. The van der Waals surface area contributed by atoms with Crippen LogP contribution in [0.4, 0.5) is 4.79 Å². The standard InChI is InChI=1S/C29H24N4O8/c1-3-37-26-30-22-10-6-9-21(25(34)39-29(2)16-38-28(36)40-29)23(22)33(26)15-17-11-13-18(14-12-17)19-7-4-5-8-20(19)24-31-27(35)41-32-24/h4-14H,3,15-16H2,1-2H3,(H,31,32,35). The Hall–Kier alpha value is -5.39. The van der Waals surface area contributed by atoms with Gasteiger partial charge in [-0.1, -0.05) is 59.8 Å². The maximum Gasteiger partial charge on any atom is 0.511 e. The fourth-order valence-electron chi connectivity index (χ4n) is 4.70. The summed E-state index contributed by atoms with van der Waals surface area (Å²) < 4.78 is 27.7. The maximum absolute atomic E-state index is 13.3. The Balaban J connectivity index is 1.34. The van der Waals surface area contributed by atoms with Crippen molar-refractivity contribution in [3.05, 3.63) is 88.4 Å². The van der Waals surface area contributed by atoms with Crippen LogP contribution in [-0.4, -0.2) is 50.8 Å². The molecule has 41 heavy (non-hydrogen) atoms. The van der Waals surface area contributed by atoms with E-state index in [1.165, 1.54) is 6.92 Å². The zero-order valence-corrected chi connectivity index (χ0v) is 22.1. The minimum absolute atomic E-state index is 0.209. The molecule has 208 valence electrons. The Kier molecular flexibility index (Phi) is 6.50. The molecule has 0 radical (unpaired) electrons. The van der Waals surface area contributed by atoms with Crippen molar-refractivity contribution < 1.29 is 33.1 Å². The van der Waals surface area contributed by atoms with Crippen molar-refractivity contribution in [2.45, 2.75) is 26.2 Å². The quantitative estimate of drug-likeness (QED) is 0.270. The van der Waals surface area contributed by atoms with Crippen LogP contribution in [0.2, 0.25) is 0 Å². The fourth-order valence-corrected chi connectivity index (χ4v) is 4.70. The molecule has 12 nitrogen and oxygen atoms in total. The van der Waals surface area contributed by atoms with Gasteiger partial charge in [0, 0.05) is 12.5 Å². The molecule has 2 aromatic heterocycles. The minimum atomic E-state index is -1.53. The summed E-state index contributed by atoms with van der Waals surface area (Å²) in [4.78, 5) is 43.4. The highest BCUT2D eigenvalue weighted by Crippen LogP contribution is 2.32. The van der Waals surface area contributed by atoms with Crippen LogP contribution < -0.4 is 10.5 Å². The number of H-pyrrole nitrogens is 1. The number of hydrogen-bond donors (Lipinski definition) is 1. The highest BCUT2D eigenvalue weighted by Gasteiger charge is 2.42. The second-order valence-electron chi connectivity index (χ2n) is 9.44. The molecular weight excluding hydrogens is 532 g/mol. The Bertz CT molecular complexity index is 1820. The summed E-state index contributed by atoms with van der Waals surface area (Å²) in [5, 5.41) is 3.82. The van der Waals surface area contributed by atoms with Gasteiger partial charge in [0.25, 0.3) is 11.8 Å². The van der Waals surface area contributed by atoms with Gasteiger partial charge in [-0.3, -0.25) is 14.1 Å². The number of rotatable bonds is 8. The molecule has 0 amide bonds. The van der Waals surface area contributed by atoms with Crippen LogP contribution >= 0.6 is 0 Å². The smallest absolute Gasteiger partial charge is 0.465 e. The summed E-state index contributed by atoms with van der Waals surface area (Å²) in [7, 11) is 0. The number of benzene rings is 3. The van der Waals surface area contributed by atoms with Crippen molar-refractivity contribution >= 4 is 23.2 Å². The molecule has 5 aromatic rings. The molecule has 0 spiro atoms. The lowest BCUT2D eigenvalue weighted by molar-refractivity contribution is -0.127. The molecular formula is C29H24N4O8. The minimum Gasteiger partial charge on any atom is -0.465 e. The van der Waals surface area contributed by atoms with Crippen LogP contribution in [0.1, 0.15) is 29.8 Å². The Morgan fingerprint density at radius 2 is 1.83 bits per heavy atom. The summed E-state index contributed by atoms with van der Waals surface area (Å²) in [6, 6.07) is 20.8. The van der Waals surface area contributed by atoms with Crippen molar-refractivity contribution in [2.24, 2.45) is 0 Å². The van der Waals surface area contributed by atoms with Crippen molar-refractivity contribution in [1.29, 1.82) is 0 Å². The van der Waals surface area contributed by atoms with Crippen LogP contribution in [0.15, 0.2) is 76.0 Å². The highest BCUT2D eigenvalue weighted by atomic mass is 16.9. The van der Waals surface area contributed by atoms with Gasteiger partial charge in [-0.2, -0.15) is 4.98 Å². The number of carbonyl (C=O) groups excluding carboxylic acids is 2. The molecule has 1 unspecified atom stereocenters. The molecule has 1 N–H and O–H groups in total. The van der Waals surface area contributed by atoms with Gasteiger partial charge in [-0.05, 0) is 35.7 Å². The van der Waals surface area contributed by atoms with Gasteiger partial charge in [0.1, 0.15) is 0 Å². The number of esters is 1. The molecule has 6 rings (SSSR count). The third-order valence-corrected chi connectivity index (χ3v) is 6.51. The number of para-hydroxylation sites is 1. The van der Waals surface area contributed by atoms with E-state index >= 15 is 0 Å². The van der Waals surface area contributed by atoms with Gasteiger partial charge in [0.15, 0.2) is 12.4 Å². The Morgan fingerprint density at radius 3 is 2.51 bits per heavy atom. The molecule has 0 bridgehead atoms. The number of hydrogen-bond acceptors (Lipinski definition) is 10. The van der Waals surface area contributed by atoms with Gasteiger partial charge in [0.2, 0.25) is 0 Å². The number of fused-ring (bicyclic) bond motifs is 1. The van der Waals surface area contributed by atoms with Crippen molar-refractivity contribution in [1.82, 2.24) is 19.7 Å². The first-order valence-corrected chi connectivity index (χ1v) is 12.8. The number of nitrogens with zero attached hydrogens (tertiary/aromatic N) is 3. The van der Waals surface area contributed by atoms with E-state index in [0.29, 0.717) is 36.0 Å². The predicted octanol–water partition coefficient (Wildman–Crippen LogP) is 4.53. The SMILES string of the molecule is CCOc1nc2cccc(C(=O)OC3(C)COC(=O)O3)c2n1Cc1ccc(-c2ccccc2-c2noc(=O)[nH]2)cc1. The monoisotopic (exact) mass is 556 g/mol. The third-order valence-electron chi connectivity index (χ3n) is 6.51.